The Morgan fingerprint density at radius 1 is 1.10 bits per heavy atom. The van der Waals surface area contributed by atoms with Crippen molar-refractivity contribution in [3.63, 3.8) is 0 Å². The normalized spacial score (nSPS) is 10.0. The summed E-state index contributed by atoms with van der Waals surface area (Å²) in [5.41, 5.74) is 4.12. The van der Waals surface area contributed by atoms with Crippen molar-refractivity contribution in [2.24, 2.45) is 0 Å². The Hall–Kier alpha value is -0.261. The quantitative estimate of drug-likeness (QED) is 0.549. The molecule has 0 amide bonds. The van der Waals surface area contributed by atoms with Crippen LogP contribution in [-0.2, 0) is 0 Å². The van der Waals surface area contributed by atoms with Crippen molar-refractivity contribution in [2.45, 2.75) is 20.8 Å². The molecule has 10 heavy (non-hydrogen) atoms. The van der Waals surface area contributed by atoms with Gasteiger partial charge in [0.05, 0.1) is 0 Å². The summed E-state index contributed by atoms with van der Waals surface area (Å²) in [6.07, 6.45) is 0. The van der Waals surface area contributed by atoms with Gasteiger partial charge < -0.3 is 0 Å². The molecule has 1 heteroatoms. The maximum absolute atomic E-state index is 2.61. The summed E-state index contributed by atoms with van der Waals surface area (Å²) in [5, 5.41) is 0. The molecule has 0 spiro atoms. The van der Waals surface area contributed by atoms with Crippen molar-refractivity contribution >= 4 is 20.5 Å². The Morgan fingerprint density at radius 2 is 1.70 bits per heavy atom. The molecule has 0 heterocycles. The summed E-state index contributed by atoms with van der Waals surface area (Å²) in [6, 6.07) is 4.41. The van der Waals surface area contributed by atoms with Gasteiger partial charge in [0.1, 0.15) is 0 Å². The number of hydrogen-bond donors (Lipinski definition) is 0. The molecule has 0 saturated heterocycles. The van der Waals surface area contributed by atoms with Gasteiger partial charge in [-0.05, 0) is 0 Å². The monoisotopic (exact) mass is 200 g/mol. The van der Waals surface area contributed by atoms with Crippen molar-refractivity contribution in [1.29, 1.82) is 0 Å². The van der Waals surface area contributed by atoms with Gasteiger partial charge in [-0.25, -0.2) is 0 Å². The van der Waals surface area contributed by atoms with Gasteiger partial charge >= 0.3 is 70.1 Å². The molecule has 54 valence electrons. The number of benzene rings is 1. The van der Waals surface area contributed by atoms with Gasteiger partial charge in [-0.15, -0.1) is 0 Å². The summed E-state index contributed by atoms with van der Waals surface area (Å²) in [6.45, 7) is 6.44. The Kier molecular flexibility index (Phi) is 2.17. The SMILES string of the molecule is Cc1cc(C)c(C)c([SeH])c1. The first kappa shape index (κ1) is 7.84. The zero-order chi connectivity index (χ0) is 7.72. The first-order valence-corrected chi connectivity index (χ1v) is 4.32. The van der Waals surface area contributed by atoms with Gasteiger partial charge in [-0.1, -0.05) is 0 Å². The molecule has 0 unspecified atom stereocenters. The van der Waals surface area contributed by atoms with E-state index in [1.807, 2.05) is 0 Å². The Bertz CT molecular complexity index is 228. The van der Waals surface area contributed by atoms with Crippen LogP contribution < -0.4 is 4.46 Å². The van der Waals surface area contributed by atoms with E-state index in [2.05, 4.69) is 48.9 Å². The molecule has 0 bridgehead atoms. The average Bonchev–Trinajstić information content (AvgIpc) is 1.82. The van der Waals surface area contributed by atoms with Crippen molar-refractivity contribution in [2.75, 3.05) is 0 Å². The van der Waals surface area contributed by atoms with E-state index < -0.39 is 0 Å². The second-order valence-electron chi connectivity index (χ2n) is 2.73. The molecule has 0 aliphatic heterocycles. The average molecular weight is 199 g/mol. The molecule has 1 rings (SSSR count). The van der Waals surface area contributed by atoms with Gasteiger partial charge in [0.2, 0.25) is 0 Å². The molecular weight excluding hydrogens is 187 g/mol. The van der Waals surface area contributed by atoms with Crippen LogP contribution in [0.25, 0.3) is 0 Å². The second kappa shape index (κ2) is 2.77. The molecule has 0 nitrogen and oxygen atoms in total. The van der Waals surface area contributed by atoms with Crippen LogP contribution in [0, 0.1) is 20.8 Å². The Labute approximate surface area is 70.5 Å². The maximum atomic E-state index is 2.61. The van der Waals surface area contributed by atoms with Crippen LogP contribution in [0.5, 0.6) is 0 Å². The minimum atomic E-state index is 1.34. The van der Waals surface area contributed by atoms with E-state index in [-0.39, 0.29) is 0 Å². The van der Waals surface area contributed by atoms with E-state index in [1.54, 1.807) is 0 Å². The van der Waals surface area contributed by atoms with Crippen LogP contribution in [0.1, 0.15) is 16.7 Å². The van der Waals surface area contributed by atoms with Gasteiger partial charge in [0.25, 0.3) is 0 Å². The van der Waals surface area contributed by atoms with Crippen LogP contribution in [0.2, 0.25) is 0 Å². The number of rotatable bonds is 0. The molecule has 0 aromatic heterocycles. The number of hydrogen-bond acceptors (Lipinski definition) is 0. The standard InChI is InChI=1S/C9H12Se/c1-6-4-7(2)8(3)9(10)5-6/h4-5,10H,1-3H3. The van der Waals surface area contributed by atoms with E-state index in [0.29, 0.717) is 0 Å². The second-order valence-corrected chi connectivity index (χ2v) is 3.74. The van der Waals surface area contributed by atoms with E-state index >= 15 is 0 Å². The summed E-state index contributed by atoms with van der Waals surface area (Å²) in [4.78, 5) is 0. The van der Waals surface area contributed by atoms with E-state index in [4.69, 9.17) is 0 Å². The third-order valence-electron chi connectivity index (χ3n) is 1.78. The van der Waals surface area contributed by atoms with E-state index in [9.17, 15) is 0 Å². The molecule has 0 saturated carbocycles. The molecular formula is C9H12Se. The van der Waals surface area contributed by atoms with Crippen LogP contribution >= 0.6 is 0 Å². The fourth-order valence-corrected chi connectivity index (χ4v) is 1.81. The van der Waals surface area contributed by atoms with Crippen LogP contribution in [0.4, 0.5) is 0 Å². The summed E-state index contributed by atoms with van der Waals surface area (Å²) in [7, 11) is 0. The molecule has 0 aliphatic carbocycles. The molecule has 0 fully saturated rings. The van der Waals surface area contributed by atoms with Crippen LogP contribution in [0.3, 0.4) is 0 Å². The van der Waals surface area contributed by atoms with E-state index in [0.717, 1.165) is 0 Å². The minimum absolute atomic E-state index is 1.34. The third kappa shape index (κ3) is 1.42. The van der Waals surface area contributed by atoms with Crippen LogP contribution in [0.15, 0.2) is 12.1 Å². The molecule has 0 N–H and O–H groups in total. The first-order chi connectivity index (χ1) is 4.61. The van der Waals surface area contributed by atoms with Crippen molar-refractivity contribution in [3.8, 4) is 0 Å². The topological polar surface area (TPSA) is 0 Å². The molecule has 1 aromatic rings. The fourth-order valence-electron chi connectivity index (χ4n) is 1.02. The molecule has 0 aliphatic rings. The van der Waals surface area contributed by atoms with Gasteiger partial charge in [-0.3, -0.25) is 0 Å². The Balaban J connectivity index is 3.31. The Morgan fingerprint density at radius 3 is 2.20 bits per heavy atom. The first-order valence-electron chi connectivity index (χ1n) is 3.38. The van der Waals surface area contributed by atoms with Gasteiger partial charge in [-0.2, -0.15) is 0 Å². The summed E-state index contributed by atoms with van der Waals surface area (Å²) < 4.78 is 1.34. The molecule has 1 aromatic carbocycles. The van der Waals surface area contributed by atoms with Gasteiger partial charge in [0, 0.05) is 0 Å². The van der Waals surface area contributed by atoms with Gasteiger partial charge in [0.15, 0.2) is 0 Å². The molecule has 0 radical (unpaired) electrons. The third-order valence-corrected chi connectivity index (χ3v) is 2.76. The van der Waals surface area contributed by atoms with Crippen molar-refractivity contribution < 1.29 is 0 Å². The zero-order valence-electron chi connectivity index (χ0n) is 6.60. The van der Waals surface area contributed by atoms with Crippen molar-refractivity contribution in [3.05, 3.63) is 28.8 Å². The predicted octanol–water partition coefficient (Wildman–Crippen LogP) is 1.14. The number of aryl methyl sites for hydroxylation is 2. The zero-order valence-corrected chi connectivity index (χ0v) is 8.48. The van der Waals surface area contributed by atoms with E-state index in [1.165, 1.54) is 21.2 Å². The predicted molar refractivity (Wildman–Crippen MR) is 47.4 cm³/mol. The molecule has 0 atom stereocenters. The van der Waals surface area contributed by atoms with Crippen LogP contribution in [-0.4, -0.2) is 16.0 Å². The van der Waals surface area contributed by atoms with Crippen molar-refractivity contribution in [1.82, 2.24) is 0 Å². The fraction of sp³-hybridized carbons (Fsp3) is 0.333. The summed E-state index contributed by atoms with van der Waals surface area (Å²) >= 11 is 2.61. The summed E-state index contributed by atoms with van der Waals surface area (Å²) in [5.74, 6) is 0.